The van der Waals surface area contributed by atoms with Gasteiger partial charge in [0.2, 0.25) is 0 Å². The Bertz CT molecular complexity index is 688. The molecule has 3 heteroatoms. The molecule has 1 fully saturated rings. The van der Waals surface area contributed by atoms with E-state index in [2.05, 4.69) is 44.0 Å². The van der Waals surface area contributed by atoms with E-state index in [0.717, 1.165) is 30.2 Å². The van der Waals surface area contributed by atoms with Gasteiger partial charge in [0, 0.05) is 18.2 Å². The number of likely N-dealkylation sites (tertiary alicyclic amines) is 1. The second-order valence-corrected chi connectivity index (χ2v) is 7.15. The summed E-state index contributed by atoms with van der Waals surface area (Å²) >= 11 is 0. The second kappa shape index (κ2) is 7.27. The van der Waals surface area contributed by atoms with Gasteiger partial charge in [-0.3, -0.25) is 0 Å². The maximum Gasteiger partial charge on any atom is 0.125 e. The van der Waals surface area contributed by atoms with Crippen LogP contribution in [0.2, 0.25) is 0 Å². The predicted molar refractivity (Wildman–Crippen MR) is 101 cm³/mol. The van der Waals surface area contributed by atoms with E-state index in [1.807, 2.05) is 18.2 Å². The highest BCUT2D eigenvalue weighted by atomic mass is 16.5. The fourth-order valence-electron chi connectivity index (χ4n) is 3.67. The highest BCUT2D eigenvalue weighted by Gasteiger charge is 2.18. The van der Waals surface area contributed by atoms with E-state index in [0.29, 0.717) is 5.92 Å². The Kier molecular flexibility index (Phi) is 5.10. The van der Waals surface area contributed by atoms with Crippen molar-refractivity contribution in [2.75, 3.05) is 32.5 Å². The monoisotopic (exact) mass is 324 g/mol. The SMILES string of the molecule is Cc1cc(-c2cccc(N)c2)cc(C)c1OCC1CCCN(C)C1. The lowest BCUT2D eigenvalue weighted by Gasteiger charge is -2.29. The Morgan fingerprint density at radius 1 is 1.12 bits per heavy atom. The predicted octanol–water partition coefficient (Wildman–Crippen LogP) is 4.27. The van der Waals surface area contributed by atoms with E-state index in [1.54, 1.807) is 0 Å². The van der Waals surface area contributed by atoms with Gasteiger partial charge in [-0.15, -0.1) is 0 Å². The number of hydrogen-bond donors (Lipinski definition) is 1. The van der Waals surface area contributed by atoms with E-state index in [9.17, 15) is 0 Å². The number of ether oxygens (including phenoxy) is 1. The number of piperidine rings is 1. The summed E-state index contributed by atoms with van der Waals surface area (Å²) in [5.74, 6) is 1.67. The highest BCUT2D eigenvalue weighted by Crippen LogP contribution is 2.31. The van der Waals surface area contributed by atoms with Gasteiger partial charge in [0.1, 0.15) is 5.75 Å². The number of nitrogen functional groups attached to an aromatic ring is 1. The Labute approximate surface area is 145 Å². The molecule has 3 rings (SSSR count). The molecule has 24 heavy (non-hydrogen) atoms. The van der Waals surface area contributed by atoms with Crippen LogP contribution in [0.15, 0.2) is 36.4 Å². The fourth-order valence-corrected chi connectivity index (χ4v) is 3.67. The summed E-state index contributed by atoms with van der Waals surface area (Å²) < 4.78 is 6.22. The molecule has 1 aliphatic heterocycles. The van der Waals surface area contributed by atoms with Gasteiger partial charge in [0.15, 0.2) is 0 Å². The first-order chi connectivity index (χ1) is 11.5. The van der Waals surface area contributed by atoms with Gasteiger partial charge < -0.3 is 15.4 Å². The molecule has 0 saturated carbocycles. The Balaban J connectivity index is 1.75. The first-order valence-electron chi connectivity index (χ1n) is 8.81. The van der Waals surface area contributed by atoms with Crippen LogP contribution in [-0.4, -0.2) is 31.6 Å². The van der Waals surface area contributed by atoms with Crippen molar-refractivity contribution >= 4 is 5.69 Å². The van der Waals surface area contributed by atoms with Crippen molar-refractivity contribution < 1.29 is 4.74 Å². The standard InChI is InChI=1S/C21H28N2O/c1-15-10-19(18-7-4-8-20(22)12-18)11-16(2)21(15)24-14-17-6-5-9-23(3)13-17/h4,7-8,10-12,17H,5-6,9,13-14,22H2,1-3H3. The molecule has 0 radical (unpaired) electrons. The molecule has 0 amide bonds. The van der Waals surface area contributed by atoms with Gasteiger partial charge in [-0.05, 0) is 86.8 Å². The lowest BCUT2D eigenvalue weighted by molar-refractivity contribution is 0.149. The van der Waals surface area contributed by atoms with Crippen LogP contribution < -0.4 is 10.5 Å². The lowest BCUT2D eigenvalue weighted by Crippen LogP contribution is -2.34. The molecule has 1 aliphatic rings. The third-order valence-electron chi connectivity index (χ3n) is 4.87. The molecule has 1 saturated heterocycles. The molecular formula is C21H28N2O. The van der Waals surface area contributed by atoms with Crippen LogP contribution in [-0.2, 0) is 0 Å². The summed E-state index contributed by atoms with van der Waals surface area (Å²) in [7, 11) is 2.20. The number of hydrogen-bond acceptors (Lipinski definition) is 3. The zero-order valence-corrected chi connectivity index (χ0v) is 15.0. The first-order valence-corrected chi connectivity index (χ1v) is 8.81. The maximum atomic E-state index is 6.22. The van der Waals surface area contributed by atoms with Crippen molar-refractivity contribution in [2.24, 2.45) is 5.92 Å². The van der Waals surface area contributed by atoms with Crippen molar-refractivity contribution in [1.29, 1.82) is 0 Å². The van der Waals surface area contributed by atoms with Gasteiger partial charge >= 0.3 is 0 Å². The van der Waals surface area contributed by atoms with Gasteiger partial charge in [0.05, 0.1) is 6.61 Å². The Hall–Kier alpha value is -2.00. The average Bonchev–Trinajstić information content (AvgIpc) is 2.54. The number of benzene rings is 2. The molecule has 0 aliphatic carbocycles. The summed E-state index contributed by atoms with van der Waals surface area (Å²) in [5.41, 5.74) is 11.4. The van der Waals surface area contributed by atoms with Gasteiger partial charge in [0.25, 0.3) is 0 Å². The minimum Gasteiger partial charge on any atom is -0.493 e. The molecule has 0 bridgehead atoms. The molecule has 1 unspecified atom stereocenters. The molecule has 128 valence electrons. The molecule has 0 aromatic heterocycles. The molecule has 1 heterocycles. The van der Waals surface area contributed by atoms with Gasteiger partial charge in [-0.1, -0.05) is 12.1 Å². The number of nitrogens with zero attached hydrogens (tertiary/aromatic N) is 1. The highest BCUT2D eigenvalue weighted by molar-refractivity contribution is 5.70. The van der Waals surface area contributed by atoms with Crippen LogP contribution in [0.25, 0.3) is 11.1 Å². The summed E-state index contributed by atoms with van der Waals surface area (Å²) in [6.45, 7) is 7.42. The fraction of sp³-hybridized carbons (Fsp3) is 0.429. The van der Waals surface area contributed by atoms with Crippen LogP contribution in [0.3, 0.4) is 0 Å². The van der Waals surface area contributed by atoms with Gasteiger partial charge in [-0.25, -0.2) is 0 Å². The van der Waals surface area contributed by atoms with Crippen LogP contribution >= 0.6 is 0 Å². The smallest absolute Gasteiger partial charge is 0.125 e. The number of aryl methyl sites for hydroxylation is 2. The summed E-state index contributed by atoms with van der Waals surface area (Å²) in [6, 6.07) is 12.4. The lowest BCUT2D eigenvalue weighted by atomic mass is 9.98. The number of rotatable bonds is 4. The van der Waals surface area contributed by atoms with E-state index >= 15 is 0 Å². The summed E-state index contributed by atoms with van der Waals surface area (Å²) in [5, 5.41) is 0. The normalized spacial score (nSPS) is 18.5. The first kappa shape index (κ1) is 16.8. The molecule has 3 nitrogen and oxygen atoms in total. The van der Waals surface area contributed by atoms with E-state index in [-0.39, 0.29) is 0 Å². The van der Waals surface area contributed by atoms with E-state index in [4.69, 9.17) is 10.5 Å². The zero-order chi connectivity index (χ0) is 17.1. The molecule has 0 spiro atoms. The van der Waals surface area contributed by atoms with E-state index < -0.39 is 0 Å². The molecule has 2 aromatic rings. The van der Waals surface area contributed by atoms with Gasteiger partial charge in [-0.2, -0.15) is 0 Å². The second-order valence-electron chi connectivity index (χ2n) is 7.15. The molecule has 1 atom stereocenters. The minimum absolute atomic E-state index is 0.635. The van der Waals surface area contributed by atoms with Crippen molar-refractivity contribution in [3.63, 3.8) is 0 Å². The third kappa shape index (κ3) is 3.90. The quantitative estimate of drug-likeness (QED) is 0.853. The van der Waals surface area contributed by atoms with E-state index in [1.165, 1.54) is 36.1 Å². The number of anilines is 1. The van der Waals surface area contributed by atoms with Crippen LogP contribution in [0, 0.1) is 19.8 Å². The largest absolute Gasteiger partial charge is 0.493 e. The van der Waals surface area contributed by atoms with Crippen LogP contribution in [0.4, 0.5) is 5.69 Å². The zero-order valence-electron chi connectivity index (χ0n) is 15.0. The van der Waals surface area contributed by atoms with Crippen molar-refractivity contribution in [3.05, 3.63) is 47.5 Å². The van der Waals surface area contributed by atoms with Crippen LogP contribution in [0.1, 0.15) is 24.0 Å². The molecule has 2 N–H and O–H groups in total. The summed E-state index contributed by atoms with van der Waals surface area (Å²) in [4.78, 5) is 2.40. The minimum atomic E-state index is 0.635. The number of nitrogens with two attached hydrogens (primary N) is 1. The van der Waals surface area contributed by atoms with Crippen LogP contribution in [0.5, 0.6) is 5.75 Å². The third-order valence-corrected chi connectivity index (χ3v) is 4.87. The molecule has 2 aromatic carbocycles. The molecular weight excluding hydrogens is 296 g/mol. The Morgan fingerprint density at radius 2 is 1.88 bits per heavy atom. The maximum absolute atomic E-state index is 6.22. The topological polar surface area (TPSA) is 38.5 Å². The van der Waals surface area contributed by atoms with Crippen molar-refractivity contribution in [3.8, 4) is 16.9 Å². The van der Waals surface area contributed by atoms with Crippen molar-refractivity contribution in [2.45, 2.75) is 26.7 Å². The average molecular weight is 324 g/mol. The van der Waals surface area contributed by atoms with Crippen molar-refractivity contribution in [1.82, 2.24) is 4.90 Å². The summed E-state index contributed by atoms with van der Waals surface area (Å²) in [6.07, 6.45) is 2.54. The Morgan fingerprint density at radius 3 is 2.54 bits per heavy atom.